The van der Waals surface area contributed by atoms with Crippen LogP contribution in [-0.2, 0) is 9.53 Å². The Morgan fingerprint density at radius 2 is 2.00 bits per heavy atom. The molecule has 112 valence electrons. The molecule has 0 bridgehead atoms. The Hall–Kier alpha value is -1.62. The molecule has 2 heterocycles. The largest absolute Gasteiger partial charge is 0.462 e. The summed E-state index contributed by atoms with van der Waals surface area (Å²) in [7, 11) is 0. The van der Waals surface area contributed by atoms with Gasteiger partial charge in [0, 0.05) is 43.8 Å². The lowest BCUT2D eigenvalue weighted by Gasteiger charge is -2.29. The van der Waals surface area contributed by atoms with Crippen LogP contribution < -0.4 is 10.2 Å². The van der Waals surface area contributed by atoms with Crippen molar-refractivity contribution >= 4 is 12.2 Å². The molecular weight excluding hydrogens is 254 g/mol. The van der Waals surface area contributed by atoms with Crippen LogP contribution in [0, 0.1) is 6.92 Å². The quantitative estimate of drug-likeness (QED) is 0.836. The number of piperazine rings is 1. The third kappa shape index (κ3) is 6.52. The summed E-state index contributed by atoms with van der Waals surface area (Å²) in [6.07, 6.45) is 1.88. The lowest BCUT2D eigenvalue weighted by atomic mass is 10.2. The normalized spacial score (nSPS) is 15.1. The smallest absolute Gasteiger partial charge is 0.293 e. The van der Waals surface area contributed by atoms with Crippen LogP contribution in [0.15, 0.2) is 18.3 Å². The number of ether oxygens (including phenoxy) is 1. The molecule has 5 nitrogen and oxygen atoms in total. The van der Waals surface area contributed by atoms with Crippen molar-refractivity contribution in [3.63, 3.8) is 0 Å². The first-order valence-electron chi connectivity index (χ1n) is 6.92. The molecule has 1 aliphatic heterocycles. The first kappa shape index (κ1) is 16.4. The second-order valence-electron chi connectivity index (χ2n) is 5.72. The van der Waals surface area contributed by atoms with Gasteiger partial charge in [-0.25, -0.2) is 0 Å². The molecule has 0 amide bonds. The van der Waals surface area contributed by atoms with E-state index in [1.54, 1.807) is 0 Å². The van der Waals surface area contributed by atoms with Gasteiger partial charge >= 0.3 is 0 Å². The summed E-state index contributed by atoms with van der Waals surface area (Å²) < 4.78 is 4.55. The van der Waals surface area contributed by atoms with Crippen LogP contribution in [0.25, 0.3) is 0 Å². The number of pyridine rings is 1. The minimum absolute atomic E-state index is 0.318. The highest BCUT2D eigenvalue weighted by Crippen LogP contribution is 2.14. The molecule has 0 unspecified atom stereocenters. The van der Waals surface area contributed by atoms with Crippen LogP contribution in [0.5, 0.6) is 0 Å². The molecule has 1 aliphatic rings. The number of carbonyl (C=O) groups is 1. The van der Waals surface area contributed by atoms with Crippen LogP contribution in [0.1, 0.15) is 26.5 Å². The van der Waals surface area contributed by atoms with Gasteiger partial charge in [-0.1, -0.05) is 0 Å². The molecule has 20 heavy (non-hydrogen) atoms. The maximum atomic E-state index is 9.60. The lowest BCUT2D eigenvalue weighted by molar-refractivity contribution is -0.138. The molecular formula is C15H25N3O2. The Labute approximate surface area is 121 Å². The molecule has 0 aromatic carbocycles. The maximum Gasteiger partial charge on any atom is 0.293 e. The molecule has 0 radical (unpaired) electrons. The van der Waals surface area contributed by atoms with Crippen molar-refractivity contribution in [2.24, 2.45) is 0 Å². The molecule has 1 aromatic rings. The first-order valence-corrected chi connectivity index (χ1v) is 6.92. The number of nitrogens with zero attached hydrogens (tertiary/aromatic N) is 2. The number of aryl methyl sites for hydroxylation is 1. The van der Waals surface area contributed by atoms with E-state index in [9.17, 15) is 4.79 Å². The fourth-order valence-corrected chi connectivity index (χ4v) is 1.79. The predicted molar refractivity (Wildman–Crippen MR) is 81.0 cm³/mol. The molecule has 1 aromatic heterocycles. The molecule has 0 spiro atoms. The maximum absolute atomic E-state index is 9.60. The van der Waals surface area contributed by atoms with E-state index in [-0.39, 0.29) is 5.60 Å². The van der Waals surface area contributed by atoms with Crippen LogP contribution in [0.4, 0.5) is 5.69 Å². The summed E-state index contributed by atoms with van der Waals surface area (Å²) in [6, 6.07) is 4.23. The monoisotopic (exact) mass is 279 g/mol. The van der Waals surface area contributed by atoms with E-state index in [2.05, 4.69) is 32.1 Å². The fraction of sp³-hybridized carbons (Fsp3) is 0.600. The van der Waals surface area contributed by atoms with Gasteiger partial charge in [0.05, 0.1) is 0 Å². The zero-order chi connectivity index (χ0) is 15.0. The topological polar surface area (TPSA) is 54.5 Å². The van der Waals surface area contributed by atoms with E-state index in [4.69, 9.17) is 0 Å². The lowest BCUT2D eigenvalue weighted by Crippen LogP contribution is -2.43. The number of rotatable bonds is 2. The van der Waals surface area contributed by atoms with E-state index in [0.717, 1.165) is 31.9 Å². The van der Waals surface area contributed by atoms with Gasteiger partial charge in [-0.2, -0.15) is 0 Å². The third-order valence-corrected chi connectivity index (χ3v) is 2.76. The van der Waals surface area contributed by atoms with Crippen molar-refractivity contribution in [2.75, 3.05) is 31.1 Å². The van der Waals surface area contributed by atoms with E-state index in [1.165, 1.54) is 5.69 Å². The van der Waals surface area contributed by atoms with E-state index >= 15 is 0 Å². The summed E-state index contributed by atoms with van der Waals surface area (Å²) in [5.74, 6) is 0. The van der Waals surface area contributed by atoms with E-state index in [1.807, 2.05) is 33.9 Å². The summed E-state index contributed by atoms with van der Waals surface area (Å²) >= 11 is 0. The average molecular weight is 279 g/mol. The zero-order valence-corrected chi connectivity index (χ0v) is 12.8. The fourth-order valence-electron chi connectivity index (χ4n) is 1.79. The Morgan fingerprint density at radius 1 is 1.35 bits per heavy atom. The summed E-state index contributed by atoms with van der Waals surface area (Å²) in [5.41, 5.74) is 2.08. The van der Waals surface area contributed by atoms with E-state index < -0.39 is 0 Å². The molecule has 0 saturated carbocycles. The van der Waals surface area contributed by atoms with Crippen molar-refractivity contribution in [2.45, 2.75) is 33.3 Å². The number of aromatic nitrogens is 1. The Balaban J connectivity index is 0.000000246. The Bertz CT molecular complexity index is 410. The summed E-state index contributed by atoms with van der Waals surface area (Å²) in [5, 5.41) is 3.34. The van der Waals surface area contributed by atoms with Crippen LogP contribution in [0.3, 0.4) is 0 Å². The molecule has 0 aliphatic carbocycles. The van der Waals surface area contributed by atoms with Gasteiger partial charge in [-0.05, 0) is 39.8 Å². The minimum Gasteiger partial charge on any atom is -0.462 e. The molecule has 2 rings (SSSR count). The van der Waals surface area contributed by atoms with Gasteiger partial charge in [0.15, 0.2) is 0 Å². The molecule has 1 N–H and O–H groups in total. The summed E-state index contributed by atoms with van der Waals surface area (Å²) in [4.78, 5) is 16.2. The van der Waals surface area contributed by atoms with E-state index in [0.29, 0.717) is 6.47 Å². The standard InChI is InChI=1S/C10H15N3.C5H10O2/c1-9-8-10(2-3-12-9)13-6-4-11-5-7-13;1-5(2,3)7-4-6/h2-3,8,11H,4-7H2,1H3;4H,1-3H3. The van der Waals surface area contributed by atoms with Crippen molar-refractivity contribution in [1.82, 2.24) is 10.3 Å². The zero-order valence-electron chi connectivity index (χ0n) is 12.8. The average Bonchev–Trinajstić information content (AvgIpc) is 2.39. The van der Waals surface area contributed by atoms with Gasteiger partial charge in [-0.3, -0.25) is 9.78 Å². The highest BCUT2D eigenvalue weighted by atomic mass is 16.5. The number of carbonyl (C=O) groups excluding carboxylic acids is 1. The Morgan fingerprint density at radius 3 is 2.45 bits per heavy atom. The van der Waals surface area contributed by atoms with Crippen molar-refractivity contribution in [3.8, 4) is 0 Å². The molecule has 1 saturated heterocycles. The second kappa shape index (κ2) is 7.85. The highest BCUT2D eigenvalue weighted by molar-refractivity contribution is 5.46. The second-order valence-corrected chi connectivity index (χ2v) is 5.72. The van der Waals surface area contributed by atoms with Crippen LogP contribution in [-0.4, -0.2) is 43.2 Å². The summed E-state index contributed by atoms with van der Waals surface area (Å²) in [6.45, 7) is 12.3. The molecule has 5 heteroatoms. The van der Waals surface area contributed by atoms with Crippen molar-refractivity contribution in [3.05, 3.63) is 24.0 Å². The van der Waals surface area contributed by atoms with Crippen LogP contribution >= 0.6 is 0 Å². The van der Waals surface area contributed by atoms with Gasteiger partial charge < -0.3 is 15.0 Å². The SMILES string of the molecule is CC(C)(C)OC=O.Cc1cc(N2CCNCC2)ccn1. The minimum atomic E-state index is -0.318. The number of hydrogen-bond donors (Lipinski definition) is 1. The van der Waals surface area contributed by atoms with Gasteiger partial charge in [-0.15, -0.1) is 0 Å². The van der Waals surface area contributed by atoms with Gasteiger partial charge in [0.25, 0.3) is 6.47 Å². The van der Waals surface area contributed by atoms with Crippen molar-refractivity contribution in [1.29, 1.82) is 0 Å². The number of nitrogens with one attached hydrogen (secondary N) is 1. The number of hydrogen-bond acceptors (Lipinski definition) is 5. The molecule has 0 atom stereocenters. The molecule has 1 fully saturated rings. The first-order chi connectivity index (χ1) is 9.42. The van der Waals surface area contributed by atoms with Crippen LogP contribution in [0.2, 0.25) is 0 Å². The predicted octanol–water partition coefficient (Wildman–Crippen LogP) is 1.76. The third-order valence-electron chi connectivity index (χ3n) is 2.76. The number of anilines is 1. The van der Waals surface area contributed by atoms with Gasteiger partial charge in [0.2, 0.25) is 0 Å². The van der Waals surface area contributed by atoms with Crippen molar-refractivity contribution < 1.29 is 9.53 Å². The highest BCUT2D eigenvalue weighted by Gasteiger charge is 2.09. The van der Waals surface area contributed by atoms with Gasteiger partial charge in [0.1, 0.15) is 5.60 Å². The Kier molecular flexibility index (Phi) is 6.45.